The van der Waals surface area contributed by atoms with Crippen LogP contribution in [0, 0.1) is 15.5 Å². The summed E-state index contributed by atoms with van der Waals surface area (Å²) >= 11 is 11.5. The third kappa shape index (κ3) is 7.09. The van der Waals surface area contributed by atoms with E-state index in [2.05, 4.69) is 10.5 Å². The molecule has 0 aliphatic carbocycles. The Bertz CT molecular complexity index is 587. The number of guanidine groups is 1. The fourth-order valence-electron chi connectivity index (χ4n) is 1.03. The second-order valence-electron chi connectivity index (χ2n) is 3.35. The van der Waals surface area contributed by atoms with Gasteiger partial charge in [0.15, 0.2) is 0 Å². The van der Waals surface area contributed by atoms with Crippen LogP contribution in [0.25, 0.3) is 0 Å². The van der Waals surface area contributed by atoms with Gasteiger partial charge < -0.3 is 10.8 Å². The van der Waals surface area contributed by atoms with Crippen molar-refractivity contribution in [2.75, 3.05) is 0 Å². The third-order valence-electron chi connectivity index (χ3n) is 1.68. The molecule has 1 rings (SSSR count). The Kier molecular flexibility index (Phi) is 7.72. The van der Waals surface area contributed by atoms with Crippen LogP contribution < -0.4 is 11.2 Å². The molecule has 0 aliphatic rings. The molecule has 1 aromatic rings. The zero-order valence-corrected chi connectivity index (χ0v) is 12.1. The number of nitrogens with zero attached hydrogens (tertiary/aromatic N) is 2. The molecular weight excluding hydrogens is 325 g/mol. The highest BCUT2D eigenvalue weighted by molar-refractivity contribution is 6.37. The second kappa shape index (κ2) is 8.72. The molecule has 0 bridgehead atoms. The van der Waals surface area contributed by atoms with Crippen LogP contribution in [0.2, 0.25) is 10.0 Å². The van der Waals surface area contributed by atoms with E-state index in [1.54, 1.807) is 0 Å². The van der Waals surface area contributed by atoms with Crippen molar-refractivity contribution in [2.24, 2.45) is 10.8 Å². The van der Waals surface area contributed by atoms with Crippen molar-refractivity contribution in [1.82, 2.24) is 5.43 Å². The number of aliphatic carboxylic acids is 1. The summed E-state index contributed by atoms with van der Waals surface area (Å²) in [5.74, 6) is -1.23. The maximum absolute atomic E-state index is 10.8. The maximum atomic E-state index is 10.8. The quantitative estimate of drug-likeness (QED) is 0.285. The molecule has 0 heterocycles. The first-order chi connectivity index (χ1) is 9.66. The van der Waals surface area contributed by atoms with E-state index in [0.29, 0.717) is 0 Å². The highest BCUT2D eigenvalue weighted by Gasteiger charge is 2.20. The molecule has 11 heteroatoms. The van der Waals surface area contributed by atoms with Gasteiger partial charge in [-0.15, -0.1) is 0 Å². The Balaban J connectivity index is 0.000000885. The predicted octanol–water partition coefficient (Wildman–Crippen LogP) is 1.81. The molecule has 0 saturated carbocycles. The van der Waals surface area contributed by atoms with E-state index in [1.807, 2.05) is 0 Å². The van der Waals surface area contributed by atoms with Crippen molar-refractivity contribution in [3.63, 3.8) is 0 Å². The number of hydrazone groups is 1. The summed E-state index contributed by atoms with van der Waals surface area (Å²) in [6, 6.07) is 2.73. The highest BCUT2D eigenvalue weighted by Crippen LogP contribution is 2.32. The number of hydrogen-bond donors (Lipinski definition) is 4. The first-order valence-electron chi connectivity index (χ1n) is 5.11. The lowest BCUT2D eigenvalue weighted by atomic mass is 10.2. The monoisotopic (exact) mass is 335 g/mol. The van der Waals surface area contributed by atoms with E-state index in [0.717, 1.165) is 13.1 Å². The van der Waals surface area contributed by atoms with E-state index in [1.165, 1.54) is 12.1 Å². The smallest absolute Gasteiger partial charge is 0.300 e. The number of rotatable bonds is 3. The predicted molar refractivity (Wildman–Crippen MR) is 79.1 cm³/mol. The number of carboxylic acids is 1. The van der Waals surface area contributed by atoms with Crippen LogP contribution in [-0.2, 0) is 4.79 Å². The molecule has 0 saturated heterocycles. The zero-order valence-electron chi connectivity index (χ0n) is 10.6. The van der Waals surface area contributed by atoms with Gasteiger partial charge in [-0.05, 0) is 12.1 Å². The Hall–Kier alpha value is -2.39. The number of hydrogen-bond acceptors (Lipinski definition) is 5. The van der Waals surface area contributed by atoms with Gasteiger partial charge in [-0.3, -0.25) is 20.3 Å². The lowest BCUT2D eigenvalue weighted by molar-refractivity contribution is -0.384. The van der Waals surface area contributed by atoms with E-state index in [-0.39, 0.29) is 21.3 Å². The second-order valence-corrected chi connectivity index (χ2v) is 4.17. The van der Waals surface area contributed by atoms with Gasteiger partial charge in [0.1, 0.15) is 5.02 Å². The number of benzene rings is 1. The SMILES string of the molecule is CC(=O)O.N=C(N)NN=Cc1c(Cl)ccc(Cl)c1[N+](=O)[O-]. The summed E-state index contributed by atoms with van der Waals surface area (Å²) in [5, 5.41) is 28.7. The molecule has 0 radical (unpaired) electrons. The van der Waals surface area contributed by atoms with Gasteiger partial charge in [-0.25, -0.2) is 5.43 Å². The Morgan fingerprint density at radius 2 is 2.00 bits per heavy atom. The molecule has 0 amide bonds. The summed E-state index contributed by atoms with van der Waals surface area (Å²) in [6.07, 6.45) is 1.08. The number of nitrogens with one attached hydrogen (secondary N) is 2. The van der Waals surface area contributed by atoms with Crippen molar-refractivity contribution in [3.05, 3.63) is 37.9 Å². The first-order valence-corrected chi connectivity index (χ1v) is 5.87. The van der Waals surface area contributed by atoms with Gasteiger partial charge in [-0.1, -0.05) is 23.2 Å². The molecule has 0 fully saturated rings. The Morgan fingerprint density at radius 3 is 2.43 bits per heavy atom. The molecule has 21 heavy (non-hydrogen) atoms. The van der Waals surface area contributed by atoms with Crippen molar-refractivity contribution in [1.29, 1.82) is 5.41 Å². The Labute approximate surface area is 129 Å². The fraction of sp³-hybridized carbons (Fsp3) is 0.100. The van der Waals surface area contributed by atoms with E-state index in [4.69, 9.17) is 44.2 Å². The summed E-state index contributed by atoms with van der Waals surface area (Å²) in [5.41, 5.74) is 6.79. The molecule has 1 aromatic carbocycles. The van der Waals surface area contributed by atoms with Crippen molar-refractivity contribution in [2.45, 2.75) is 6.92 Å². The summed E-state index contributed by atoms with van der Waals surface area (Å²) < 4.78 is 0. The standard InChI is InChI=1S/C8H7Cl2N5O2.C2H4O2/c9-5-1-2-6(10)7(15(16)17)4(5)3-13-14-8(11)12;1-2(3)4/h1-3H,(H4,11,12,14);1H3,(H,3,4). The normalized spacial score (nSPS) is 9.67. The minimum Gasteiger partial charge on any atom is -0.481 e. The van der Waals surface area contributed by atoms with Crippen LogP contribution >= 0.6 is 23.2 Å². The van der Waals surface area contributed by atoms with Crippen molar-refractivity contribution >= 4 is 47.0 Å². The summed E-state index contributed by atoms with van der Waals surface area (Å²) in [7, 11) is 0. The number of nitrogens with two attached hydrogens (primary N) is 1. The van der Waals surface area contributed by atoms with Gasteiger partial charge in [-0.2, -0.15) is 5.10 Å². The average Bonchev–Trinajstić information content (AvgIpc) is 2.31. The van der Waals surface area contributed by atoms with Gasteiger partial charge in [0, 0.05) is 6.92 Å². The fourth-order valence-corrected chi connectivity index (χ4v) is 1.47. The van der Waals surface area contributed by atoms with Crippen LogP contribution in [0.4, 0.5) is 5.69 Å². The zero-order chi connectivity index (χ0) is 16.6. The molecule has 0 atom stereocenters. The molecule has 9 nitrogen and oxygen atoms in total. The molecular formula is C10H11Cl2N5O4. The highest BCUT2D eigenvalue weighted by atomic mass is 35.5. The third-order valence-corrected chi connectivity index (χ3v) is 2.31. The van der Waals surface area contributed by atoms with Crippen LogP contribution in [0.1, 0.15) is 12.5 Å². The van der Waals surface area contributed by atoms with Crippen LogP contribution in [-0.4, -0.2) is 28.2 Å². The molecule has 0 unspecified atom stereocenters. The number of nitro benzene ring substituents is 1. The number of carboxylic acid groups (broad SMARTS) is 1. The van der Waals surface area contributed by atoms with Gasteiger partial charge in [0.2, 0.25) is 5.96 Å². The van der Waals surface area contributed by atoms with Crippen molar-refractivity contribution in [3.8, 4) is 0 Å². The van der Waals surface area contributed by atoms with Crippen LogP contribution in [0.3, 0.4) is 0 Å². The minimum atomic E-state index is -0.833. The Morgan fingerprint density at radius 1 is 1.52 bits per heavy atom. The summed E-state index contributed by atoms with van der Waals surface area (Å²) in [6.45, 7) is 1.08. The van der Waals surface area contributed by atoms with Gasteiger partial charge >= 0.3 is 0 Å². The lowest BCUT2D eigenvalue weighted by Crippen LogP contribution is -2.25. The molecule has 0 aromatic heterocycles. The summed E-state index contributed by atoms with van der Waals surface area (Å²) in [4.78, 5) is 19.1. The van der Waals surface area contributed by atoms with E-state index >= 15 is 0 Å². The van der Waals surface area contributed by atoms with Gasteiger partial charge in [0.25, 0.3) is 11.7 Å². The number of halogens is 2. The number of carbonyl (C=O) groups is 1. The van der Waals surface area contributed by atoms with Gasteiger partial charge in [0.05, 0.1) is 21.7 Å². The molecule has 5 N–H and O–H groups in total. The lowest BCUT2D eigenvalue weighted by Gasteiger charge is -2.02. The first kappa shape index (κ1) is 18.6. The van der Waals surface area contributed by atoms with E-state index < -0.39 is 16.9 Å². The van der Waals surface area contributed by atoms with E-state index in [9.17, 15) is 10.1 Å². The van der Waals surface area contributed by atoms with Crippen molar-refractivity contribution < 1.29 is 14.8 Å². The largest absolute Gasteiger partial charge is 0.481 e. The molecule has 0 spiro atoms. The maximum Gasteiger partial charge on any atom is 0.300 e. The molecule has 114 valence electrons. The van der Waals surface area contributed by atoms with Crippen LogP contribution in [0.5, 0.6) is 0 Å². The minimum absolute atomic E-state index is 0.0397. The molecule has 0 aliphatic heterocycles. The van der Waals surface area contributed by atoms with Crippen LogP contribution in [0.15, 0.2) is 17.2 Å². The topological polar surface area (TPSA) is 155 Å². The number of nitro groups is 1. The average molecular weight is 336 g/mol.